The molecule has 0 amide bonds. The van der Waals surface area contributed by atoms with Crippen LogP contribution in [0.1, 0.15) is 0 Å². The van der Waals surface area contributed by atoms with Crippen LogP contribution in [0.2, 0.25) is 0 Å². The molecule has 0 aliphatic carbocycles. The third kappa shape index (κ3) is 5.44. The van der Waals surface area contributed by atoms with E-state index in [-0.39, 0.29) is 0 Å². The first-order valence-corrected chi connectivity index (χ1v) is 17.5. The SMILES string of the molecule is c1ccc(-c2ccc(-c3ccc4ccc(-c5ccc6ccc(-c7ccc(-c8ccc9ccc%10cccnc%10c9n8)cc7)nc6c5)cc4n3)cc2)cc1. The van der Waals surface area contributed by atoms with Crippen molar-refractivity contribution in [2.45, 2.75) is 0 Å². The number of nitrogens with zero attached hydrogens (tertiary/aromatic N) is 4. The highest BCUT2D eigenvalue weighted by molar-refractivity contribution is 6.03. The lowest BCUT2D eigenvalue weighted by molar-refractivity contribution is 1.36. The lowest BCUT2D eigenvalue weighted by Crippen LogP contribution is -1.90. The van der Waals surface area contributed by atoms with Crippen molar-refractivity contribution in [1.82, 2.24) is 19.9 Å². The molecule has 0 aliphatic rings. The first-order chi connectivity index (χ1) is 25.7. The average Bonchev–Trinajstić information content (AvgIpc) is 3.23. The summed E-state index contributed by atoms with van der Waals surface area (Å²) in [5, 5.41) is 4.39. The van der Waals surface area contributed by atoms with Crippen LogP contribution in [-0.2, 0) is 0 Å². The van der Waals surface area contributed by atoms with Crippen LogP contribution in [0.5, 0.6) is 0 Å². The summed E-state index contributed by atoms with van der Waals surface area (Å²) >= 11 is 0. The van der Waals surface area contributed by atoms with Crippen LogP contribution < -0.4 is 0 Å². The molecule has 4 heteroatoms. The quantitative estimate of drug-likeness (QED) is 0.172. The predicted molar refractivity (Wildman–Crippen MR) is 215 cm³/mol. The van der Waals surface area contributed by atoms with Gasteiger partial charge in [0.25, 0.3) is 0 Å². The highest BCUT2D eigenvalue weighted by Gasteiger charge is 2.10. The van der Waals surface area contributed by atoms with Crippen molar-refractivity contribution in [2.24, 2.45) is 0 Å². The number of aromatic nitrogens is 4. The monoisotopic (exact) mass is 662 g/mol. The second-order valence-electron chi connectivity index (χ2n) is 13.1. The lowest BCUT2D eigenvalue weighted by Gasteiger charge is -2.09. The van der Waals surface area contributed by atoms with E-state index in [0.29, 0.717) is 0 Å². The molecule has 10 aromatic rings. The van der Waals surface area contributed by atoms with E-state index in [2.05, 4.69) is 169 Å². The Labute approximate surface area is 300 Å². The molecule has 0 unspecified atom stereocenters. The molecule has 0 saturated heterocycles. The molecule has 52 heavy (non-hydrogen) atoms. The van der Waals surface area contributed by atoms with Crippen molar-refractivity contribution in [2.75, 3.05) is 0 Å². The van der Waals surface area contributed by atoms with Crippen LogP contribution in [0.25, 0.3) is 99.6 Å². The molecule has 0 bridgehead atoms. The van der Waals surface area contributed by atoms with Gasteiger partial charge < -0.3 is 0 Å². The first-order valence-electron chi connectivity index (χ1n) is 17.5. The second kappa shape index (κ2) is 12.4. The fraction of sp³-hybridized carbons (Fsp3) is 0. The Bertz CT molecular complexity index is 2940. The van der Waals surface area contributed by atoms with Gasteiger partial charge in [-0.1, -0.05) is 140 Å². The van der Waals surface area contributed by atoms with Gasteiger partial charge in [0.05, 0.1) is 39.1 Å². The van der Waals surface area contributed by atoms with E-state index in [1.807, 2.05) is 18.3 Å². The fourth-order valence-electron chi connectivity index (χ4n) is 7.08. The maximum Gasteiger partial charge on any atom is 0.0972 e. The summed E-state index contributed by atoms with van der Waals surface area (Å²) in [5.74, 6) is 0. The molecule has 10 rings (SSSR count). The van der Waals surface area contributed by atoms with Crippen molar-refractivity contribution in [3.63, 3.8) is 0 Å². The lowest BCUT2D eigenvalue weighted by atomic mass is 10.00. The molecule has 242 valence electrons. The molecule has 0 spiro atoms. The van der Waals surface area contributed by atoms with Gasteiger partial charge in [0.15, 0.2) is 0 Å². The number of rotatable bonds is 5. The van der Waals surface area contributed by atoms with Crippen LogP contribution in [0.3, 0.4) is 0 Å². The van der Waals surface area contributed by atoms with Gasteiger partial charge in [0, 0.05) is 44.4 Å². The number of hydrogen-bond acceptors (Lipinski definition) is 4. The molecule has 0 saturated carbocycles. The van der Waals surface area contributed by atoms with Gasteiger partial charge in [-0.25, -0.2) is 15.0 Å². The number of fused-ring (bicyclic) bond motifs is 5. The van der Waals surface area contributed by atoms with Crippen LogP contribution in [0.15, 0.2) is 182 Å². The normalized spacial score (nSPS) is 11.5. The average molecular weight is 663 g/mol. The van der Waals surface area contributed by atoms with E-state index >= 15 is 0 Å². The van der Waals surface area contributed by atoms with Gasteiger partial charge in [-0.15, -0.1) is 0 Å². The van der Waals surface area contributed by atoms with E-state index in [1.165, 1.54) is 11.1 Å². The number of benzene rings is 6. The molecular weight excluding hydrogens is 633 g/mol. The molecule has 0 fully saturated rings. The Balaban J connectivity index is 0.939. The highest BCUT2D eigenvalue weighted by atomic mass is 14.8. The minimum Gasteiger partial charge on any atom is -0.254 e. The summed E-state index contributed by atoms with van der Waals surface area (Å²) in [6.45, 7) is 0. The molecule has 4 nitrogen and oxygen atoms in total. The van der Waals surface area contributed by atoms with Gasteiger partial charge in [-0.05, 0) is 58.7 Å². The summed E-state index contributed by atoms with van der Waals surface area (Å²) in [5.41, 5.74) is 14.4. The van der Waals surface area contributed by atoms with E-state index in [0.717, 1.165) is 88.5 Å². The maximum absolute atomic E-state index is 5.11. The molecular formula is C48H30N4. The zero-order valence-corrected chi connectivity index (χ0v) is 28.1. The molecule has 4 aromatic heterocycles. The number of pyridine rings is 4. The summed E-state index contributed by atoms with van der Waals surface area (Å²) in [7, 11) is 0. The van der Waals surface area contributed by atoms with Gasteiger partial charge in [0.2, 0.25) is 0 Å². The van der Waals surface area contributed by atoms with E-state index in [1.54, 1.807) is 0 Å². The maximum atomic E-state index is 5.11. The molecule has 0 atom stereocenters. The molecule has 0 aliphatic heterocycles. The van der Waals surface area contributed by atoms with Crippen molar-refractivity contribution < 1.29 is 0 Å². The van der Waals surface area contributed by atoms with Crippen molar-refractivity contribution >= 4 is 43.6 Å². The second-order valence-corrected chi connectivity index (χ2v) is 13.1. The van der Waals surface area contributed by atoms with Crippen molar-refractivity contribution in [1.29, 1.82) is 0 Å². The highest BCUT2D eigenvalue weighted by Crippen LogP contribution is 2.32. The zero-order chi connectivity index (χ0) is 34.4. The fourth-order valence-corrected chi connectivity index (χ4v) is 7.08. The van der Waals surface area contributed by atoms with Gasteiger partial charge in [-0.3, -0.25) is 4.98 Å². The van der Waals surface area contributed by atoms with Gasteiger partial charge >= 0.3 is 0 Å². The van der Waals surface area contributed by atoms with Crippen molar-refractivity contribution in [3.05, 3.63) is 182 Å². The van der Waals surface area contributed by atoms with Crippen molar-refractivity contribution in [3.8, 4) is 56.0 Å². The topological polar surface area (TPSA) is 51.6 Å². The Morgan fingerprint density at radius 2 is 0.692 bits per heavy atom. The Morgan fingerprint density at radius 3 is 1.27 bits per heavy atom. The third-order valence-electron chi connectivity index (χ3n) is 9.91. The Hall–Kier alpha value is -7.04. The summed E-state index contributed by atoms with van der Waals surface area (Å²) < 4.78 is 0. The summed E-state index contributed by atoms with van der Waals surface area (Å²) in [6.07, 6.45) is 1.83. The standard InChI is InChI=1S/C48H30N4/c1-2-5-31(6-3-1)32-8-10-33(11-9-32)42-25-22-36-16-20-40(29-45(36)50-42)41-21-17-37-23-26-43(51-46(37)30-41)34-12-14-35(15-13-34)44-27-24-39-19-18-38-7-4-28-49-47(38)48(39)52-44/h1-30H. The Kier molecular flexibility index (Phi) is 7.10. The summed E-state index contributed by atoms with van der Waals surface area (Å²) in [6, 6.07) is 61.5. The van der Waals surface area contributed by atoms with E-state index < -0.39 is 0 Å². The van der Waals surface area contributed by atoms with E-state index in [4.69, 9.17) is 15.0 Å². The van der Waals surface area contributed by atoms with Crippen LogP contribution in [-0.4, -0.2) is 19.9 Å². The summed E-state index contributed by atoms with van der Waals surface area (Å²) in [4.78, 5) is 19.8. The third-order valence-corrected chi connectivity index (χ3v) is 9.91. The smallest absolute Gasteiger partial charge is 0.0972 e. The Morgan fingerprint density at radius 1 is 0.269 bits per heavy atom. The number of hydrogen-bond donors (Lipinski definition) is 0. The first kappa shape index (κ1) is 29.8. The molecule has 0 radical (unpaired) electrons. The van der Waals surface area contributed by atoms with Crippen LogP contribution >= 0.6 is 0 Å². The van der Waals surface area contributed by atoms with Crippen LogP contribution in [0, 0.1) is 0 Å². The zero-order valence-electron chi connectivity index (χ0n) is 28.1. The van der Waals surface area contributed by atoms with Crippen LogP contribution in [0.4, 0.5) is 0 Å². The van der Waals surface area contributed by atoms with Gasteiger partial charge in [0.1, 0.15) is 0 Å². The van der Waals surface area contributed by atoms with E-state index in [9.17, 15) is 0 Å². The molecule has 0 N–H and O–H groups in total. The predicted octanol–water partition coefficient (Wildman–Crippen LogP) is 12.2. The van der Waals surface area contributed by atoms with Gasteiger partial charge in [-0.2, -0.15) is 0 Å². The molecule has 6 aromatic carbocycles. The largest absolute Gasteiger partial charge is 0.254 e. The minimum atomic E-state index is 0.920. The minimum absolute atomic E-state index is 0.920. The molecule has 4 heterocycles.